The molecule has 0 radical (unpaired) electrons. The van der Waals surface area contributed by atoms with Crippen molar-refractivity contribution in [2.24, 2.45) is 34.5 Å². The van der Waals surface area contributed by atoms with Gasteiger partial charge in [0, 0.05) is 25.2 Å². The largest absolute Gasteiger partial charge is 0.454 e. The predicted molar refractivity (Wildman–Crippen MR) is 114 cm³/mol. The minimum Gasteiger partial charge on any atom is -0.454 e. The van der Waals surface area contributed by atoms with Gasteiger partial charge in [-0.3, -0.25) is 14.8 Å². The first-order valence-electron chi connectivity index (χ1n) is 11.9. The normalized spacial score (nSPS) is 47.7. The molecule has 0 aromatic rings. The predicted octanol–water partition coefficient (Wildman–Crippen LogP) is 5.33. The summed E-state index contributed by atoms with van der Waals surface area (Å²) in [6.07, 6.45) is 8.79. The molecule has 4 rings (SSSR count). The summed E-state index contributed by atoms with van der Waals surface area (Å²) in [4.78, 5) is 29.7. The summed E-state index contributed by atoms with van der Waals surface area (Å²) in [6, 6.07) is 0. The number of hydrogen-bond acceptors (Lipinski definition) is 5. The van der Waals surface area contributed by atoms with Gasteiger partial charge in [0.25, 0.3) is 0 Å². The van der Waals surface area contributed by atoms with E-state index in [1.165, 1.54) is 12.5 Å². The average Bonchev–Trinajstić information content (AvgIpc) is 2.96. The Bertz CT molecular complexity index is 753. The number of ether oxygens (including phenoxy) is 1. The SMILES string of the molecule is CC[C@]12CC[C@H]3[C@@H](CC=C4CC(OC(C)=O)C(=O)C[C@@]43C)[C@@H]1C[C@@H](C)[C@@]2(CC)OO. The van der Waals surface area contributed by atoms with Crippen LogP contribution in [-0.2, 0) is 19.2 Å². The molecule has 168 valence electrons. The lowest BCUT2D eigenvalue weighted by atomic mass is 9.46. The Morgan fingerprint density at radius 2 is 2.00 bits per heavy atom. The molecular formula is C25H38O5. The second-order valence-electron chi connectivity index (χ2n) is 10.7. The van der Waals surface area contributed by atoms with E-state index in [-0.39, 0.29) is 22.6 Å². The van der Waals surface area contributed by atoms with E-state index in [0.717, 1.165) is 38.5 Å². The molecule has 0 aromatic heterocycles. The lowest BCUT2D eigenvalue weighted by Crippen LogP contribution is -2.57. The van der Waals surface area contributed by atoms with Crippen molar-refractivity contribution in [3.8, 4) is 0 Å². The molecule has 30 heavy (non-hydrogen) atoms. The topological polar surface area (TPSA) is 72.8 Å². The van der Waals surface area contributed by atoms with Gasteiger partial charge in [0.15, 0.2) is 11.9 Å². The van der Waals surface area contributed by atoms with E-state index >= 15 is 0 Å². The maximum absolute atomic E-state index is 12.9. The van der Waals surface area contributed by atoms with Crippen LogP contribution < -0.4 is 0 Å². The lowest BCUT2D eigenvalue weighted by molar-refractivity contribution is -0.367. The third kappa shape index (κ3) is 2.73. The molecule has 0 amide bonds. The Morgan fingerprint density at radius 3 is 2.60 bits per heavy atom. The first-order chi connectivity index (χ1) is 14.2. The smallest absolute Gasteiger partial charge is 0.303 e. The summed E-state index contributed by atoms with van der Waals surface area (Å²) in [6.45, 7) is 10.3. The van der Waals surface area contributed by atoms with Crippen LogP contribution >= 0.6 is 0 Å². The fourth-order valence-corrected chi connectivity index (χ4v) is 8.70. The summed E-state index contributed by atoms with van der Waals surface area (Å²) in [5.74, 6) is 1.48. The second kappa shape index (κ2) is 7.44. The molecule has 0 saturated heterocycles. The van der Waals surface area contributed by atoms with Gasteiger partial charge in [-0.2, -0.15) is 0 Å². The summed E-state index contributed by atoms with van der Waals surface area (Å²) in [5, 5.41) is 10.1. The first kappa shape index (κ1) is 22.0. The molecule has 0 heterocycles. The Balaban J connectivity index is 1.69. The fourth-order valence-electron chi connectivity index (χ4n) is 8.70. The van der Waals surface area contributed by atoms with Crippen LogP contribution in [0.4, 0.5) is 0 Å². The Kier molecular flexibility index (Phi) is 5.46. The molecule has 1 N–H and O–H groups in total. The quantitative estimate of drug-likeness (QED) is 0.289. The highest BCUT2D eigenvalue weighted by Crippen LogP contribution is 2.70. The highest BCUT2D eigenvalue weighted by atomic mass is 17.1. The van der Waals surface area contributed by atoms with Gasteiger partial charge in [0.2, 0.25) is 0 Å². The summed E-state index contributed by atoms with van der Waals surface area (Å²) in [7, 11) is 0. The molecular weight excluding hydrogens is 380 g/mol. The average molecular weight is 419 g/mol. The molecule has 5 nitrogen and oxygen atoms in total. The van der Waals surface area contributed by atoms with Crippen LogP contribution in [0.2, 0.25) is 0 Å². The maximum atomic E-state index is 12.9. The van der Waals surface area contributed by atoms with Gasteiger partial charge in [-0.05, 0) is 67.6 Å². The number of rotatable bonds is 4. The maximum Gasteiger partial charge on any atom is 0.303 e. The van der Waals surface area contributed by atoms with Gasteiger partial charge < -0.3 is 4.74 Å². The summed E-state index contributed by atoms with van der Waals surface area (Å²) < 4.78 is 5.33. The van der Waals surface area contributed by atoms with Crippen molar-refractivity contribution >= 4 is 11.8 Å². The van der Waals surface area contributed by atoms with E-state index in [9.17, 15) is 14.8 Å². The number of hydrogen-bond donors (Lipinski definition) is 1. The number of fused-ring (bicyclic) bond motifs is 5. The van der Waals surface area contributed by atoms with E-state index in [1.54, 1.807) is 0 Å². The van der Waals surface area contributed by atoms with Gasteiger partial charge in [0.1, 0.15) is 5.60 Å². The minimum atomic E-state index is -0.612. The van der Waals surface area contributed by atoms with Crippen LogP contribution in [0.15, 0.2) is 11.6 Å². The van der Waals surface area contributed by atoms with Crippen molar-refractivity contribution < 1.29 is 24.5 Å². The zero-order valence-corrected chi connectivity index (χ0v) is 19.2. The Morgan fingerprint density at radius 1 is 1.27 bits per heavy atom. The fraction of sp³-hybridized carbons (Fsp3) is 0.840. The minimum absolute atomic E-state index is 0.00224. The van der Waals surface area contributed by atoms with Crippen LogP contribution in [0.25, 0.3) is 0 Å². The van der Waals surface area contributed by atoms with Gasteiger partial charge >= 0.3 is 5.97 Å². The van der Waals surface area contributed by atoms with E-state index in [0.29, 0.717) is 36.5 Å². The van der Waals surface area contributed by atoms with E-state index in [1.807, 2.05) is 0 Å². The summed E-state index contributed by atoms with van der Waals surface area (Å²) in [5.41, 5.74) is 0.699. The van der Waals surface area contributed by atoms with E-state index in [4.69, 9.17) is 9.62 Å². The molecule has 4 aliphatic rings. The van der Waals surface area contributed by atoms with Gasteiger partial charge in [-0.25, -0.2) is 4.89 Å². The van der Waals surface area contributed by atoms with Crippen molar-refractivity contribution in [2.45, 2.75) is 97.7 Å². The molecule has 0 bridgehead atoms. The molecule has 4 aliphatic carbocycles. The van der Waals surface area contributed by atoms with Crippen LogP contribution in [-0.4, -0.2) is 28.7 Å². The standard InChI is InChI=1S/C25H38O5/c1-6-24-11-10-19-18(20(24)12-15(3)25(24,7-2)30-28)9-8-17-13-22(29-16(4)26)21(27)14-23(17,19)5/h8,15,18-20,22,28H,6-7,9-14H2,1-5H3/t15-,18-,19+,20+,22?,23+,24+,25-/m1/s1. The van der Waals surface area contributed by atoms with Crippen LogP contribution in [0.5, 0.6) is 0 Å². The molecule has 5 heteroatoms. The van der Waals surface area contributed by atoms with Crippen LogP contribution in [0, 0.1) is 34.5 Å². The second-order valence-corrected chi connectivity index (χ2v) is 10.7. The summed E-state index contributed by atoms with van der Waals surface area (Å²) >= 11 is 0. The molecule has 0 aliphatic heterocycles. The van der Waals surface area contributed by atoms with E-state index < -0.39 is 11.7 Å². The van der Waals surface area contributed by atoms with Gasteiger partial charge in [-0.1, -0.05) is 39.3 Å². The molecule has 1 unspecified atom stereocenters. The van der Waals surface area contributed by atoms with Crippen LogP contribution in [0.1, 0.15) is 86.0 Å². The highest BCUT2D eigenvalue weighted by Gasteiger charge is 2.68. The molecule has 0 spiro atoms. The number of carbonyl (C=O) groups excluding carboxylic acids is 2. The van der Waals surface area contributed by atoms with E-state index in [2.05, 4.69) is 33.8 Å². The molecule has 3 saturated carbocycles. The number of Topliss-reactive ketones (excluding diaryl/α,β-unsaturated/α-hetero) is 1. The van der Waals surface area contributed by atoms with Gasteiger partial charge in [0.05, 0.1) is 0 Å². The highest BCUT2D eigenvalue weighted by molar-refractivity contribution is 5.88. The van der Waals surface area contributed by atoms with Crippen LogP contribution in [0.3, 0.4) is 0 Å². The van der Waals surface area contributed by atoms with Crippen molar-refractivity contribution in [1.82, 2.24) is 0 Å². The number of ketones is 1. The number of esters is 1. The van der Waals surface area contributed by atoms with Crippen molar-refractivity contribution in [3.05, 3.63) is 11.6 Å². The third-order valence-corrected chi connectivity index (χ3v) is 10.0. The molecule has 3 fully saturated rings. The van der Waals surface area contributed by atoms with Gasteiger partial charge in [-0.15, -0.1) is 0 Å². The monoisotopic (exact) mass is 418 g/mol. The third-order valence-electron chi connectivity index (χ3n) is 10.0. The molecule has 0 aromatic carbocycles. The first-order valence-corrected chi connectivity index (χ1v) is 11.9. The van der Waals surface area contributed by atoms with Crippen molar-refractivity contribution in [2.75, 3.05) is 0 Å². The Hall–Kier alpha value is -1.20. The number of carbonyl (C=O) groups is 2. The number of allylic oxidation sites excluding steroid dienone is 1. The van der Waals surface area contributed by atoms with Crippen molar-refractivity contribution in [1.29, 1.82) is 0 Å². The Labute approximate surface area is 180 Å². The zero-order valence-electron chi connectivity index (χ0n) is 19.2. The van der Waals surface area contributed by atoms with Crippen molar-refractivity contribution in [3.63, 3.8) is 0 Å². The molecule has 8 atom stereocenters. The lowest BCUT2D eigenvalue weighted by Gasteiger charge is -2.59. The zero-order chi connectivity index (χ0) is 21.9.